The van der Waals surface area contributed by atoms with Crippen LogP contribution < -0.4 is 14.8 Å². The third kappa shape index (κ3) is 6.64. The molecule has 3 rings (SSSR count). The number of amides is 2. The molecule has 0 aromatic heterocycles. The van der Waals surface area contributed by atoms with Gasteiger partial charge in [0.2, 0.25) is 11.8 Å². The minimum atomic E-state index is -0.0420. The van der Waals surface area contributed by atoms with Crippen molar-refractivity contribution >= 4 is 29.5 Å². The average molecular weight is 463 g/mol. The van der Waals surface area contributed by atoms with Gasteiger partial charge < -0.3 is 19.7 Å². The lowest BCUT2D eigenvalue weighted by Crippen LogP contribution is -2.47. The SMILES string of the molecule is COc1cc(/C=C/C(=O)N2CCC(NC(=O)C3CCCCC3)CC2)cc(Cl)c1OC(C)C. The fourth-order valence-corrected chi connectivity index (χ4v) is 4.65. The third-order valence-corrected chi connectivity index (χ3v) is 6.43. The highest BCUT2D eigenvalue weighted by Crippen LogP contribution is 2.37. The molecule has 176 valence electrons. The molecule has 0 spiro atoms. The lowest BCUT2D eigenvalue weighted by molar-refractivity contribution is -0.128. The number of ether oxygens (including phenoxy) is 2. The van der Waals surface area contributed by atoms with E-state index in [1.54, 1.807) is 31.4 Å². The van der Waals surface area contributed by atoms with Crippen molar-refractivity contribution in [2.45, 2.75) is 70.9 Å². The second-order valence-electron chi connectivity index (χ2n) is 8.98. The number of nitrogens with one attached hydrogen (secondary N) is 1. The van der Waals surface area contributed by atoms with Crippen LogP contribution in [0.4, 0.5) is 0 Å². The zero-order valence-corrected chi connectivity index (χ0v) is 20.1. The number of rotatable bonds is 7. The van der Waals surface area contributed by atoms with Gasteiger partial charge in [0, 0.05) is 31.1 Å². The number of piperidine rings is 1. The zero-order chi connectivity index (χ0) is 23.1. The highest BCUT2D eigenvalue weighted by Gasteiger charge is 2.26. The van der Waals surface area contributed by atoms with Crippen LogP contribution in [0.25, 0.3) is 6.08 Å². The molecule has 1 aliphatic carbocycles. The van der Waals surface area contributed by atoms with Gasteiger partial charge in [0.1, 0.15) is 0 Å². The van der Waals surface area contributed by atoms with Crippen LogP contribution in [0, 0.1) is 5.92 Å². The average Bonchev–Trinajstić information content (AvgIpc) is 2.79. The number of benzene rings is 1. The zero-order valence-electron chi connectivity index (χ0n) is 19.4. The molecule has 1 aromatic carbocycles. The Morgan fingerprint density at radius 2 is 1.81 bits per heavy atom. The Kier molecular flexibility index (Phi) is 8.85. The Balaban J connectivity index is 1.52. The minimum absolute atomic E-state index is 0.0280. The molecular weight excluding hydrogens is 428 g/mol. The Bertz CT molecular complexity index is 825. The number of carbonyl (C=O) groups excluding carboxylic acids is 2. The number of hydrogen-bond acceptors (Lipinski definition) is 4. The molecule has 0 bridgehead atoms. The van der Waals surface area contributed by atoms with Crippen LogP contribution in [-0.4, -0.2) is 49.1 Å². The molecule has 6 nitrogen and oxygen atoms in total. The largest absolute Gasteiger partial charge is 0.493 e. The van der Waals surface area contributed by atoms with Gasteiger partial charge in [-0.2, -0.15) is 0 Å². The van der Waals surface area contributed by atoms with E-state index in [9.17, 15) is 9.59 Å². The molecule has 1 heterocycles. The molecule has 7 heteroatoms. The first kappa shape index (κ1) is 24.4. The van der Waals surface area contributed by atoms with Crippen molar-refractivity contribution in [3.05, 3.63) is 28.8 Å². The van der Waals surface area contributed by atoms with E-state index in [1.807, 2.05) is 18.7 Å². The van der Waals surface area contributed by atoms with Gasteiger partial charge in [-0.15, -0.1) is 0 Å². The van der Waals surface area contributed by atoms with Gasteiger partial charge in [0.05, 0.1) is 18.2 Å². The highest BCUT2D eigenvalue weighted by atomic mass is 35.5. The van der Waals surface area contributed by atoms with Crippen molar-refractivity contribution in [2.24, 2.45) is 5.92 Å². The quantitative estimate of drug-likeness (QED) is 0.589. The standard InChI is InChI=1S/C25H35ClN2O4/c1-17(2)32-24-21(26)15-18(16-22(24)31-3)9-10-23(29)28-13-11-20(12-14-28)27-25(30)19-7-5-4-6-8-19/h9-10,15-17,19-20H,4-8,11-14H2,1-3H3,(H,27,30)/b10-9+. The van der Waals surface area contributed by atoms with Crippen LogP contribution in [0.5, 0.6) is 11.5 Å². The van der Waals surface area contributed by atoms with E-state index in [1.165, 1.54) is 6.42 Å². The smallest absolute Gasteiger partial charge is 0.246 e. The normalized spacial score (nSPS) is 18.2. The van der Waals surface area contributed by atoms with Crippen LogP contribution in [0.2, 0.25) is 5.02 Å². The van der Waals surface area contributed by atoms with Crippen molar-refractivity contribution in [3.63, 3.8) is 0 Å². The predicted molar refractivity (Wildman–Crippen MR) is 127 cm³/mol. The molecule has 2 amide bonds. The summed E-state index contributed by atoms with van der Waals surface area (Å²) in [5.74, 6) is 1.37. The fraction of sp³-hybridized carbons (Fsp3) is 0.600. The lowest BCUT2D eigenvalue weighted by atomic mass is 9.88. The van der Waals surface area contributed by atoms with E-state index in [0.29, 0.717) is 29.6 Å². The van der Waals surface area contributed by atoms with Crippen molar-refractivity contribution in [3.8, 4) is 11.5 Å². The summed E-state index contributed by atoms with van der Waals surface area (Å²) in [6.07, 6.45) is 10.4. The molecule has 1 N–H and O–H groups in total. The Morgan fingerprint density at radius 1 is 1.12 bits per heavy atom. The number of carbonyl (C=O) groups is 2. The second kappa shape index (κ2) is 11.6. The third-order valence-electron chi connectivity index (χ3n) is 6.15. The van der Waals surface area contributed by atoms with Crippen LogP contribution in [0.3, 0.4) is 0 Å². The monoisotopic (exact) mass is 462 g/mol. The molecule has 0 unspecified atom stereocenters. The molecule has 0 radical (unpaired) electrons. The maximum Gasteiger partial charge on any atom is 0.246 e. The first-order valence-corrected chi connectivity index (χ1v) is 12.1. The van der Waals surface area contributed by atoms with Gasteiger partial charge in [-0.25, -0.2) is 0 Å². The van der Waals surface area contributed by atoms with Gasteiger partial charge in [-0.05, 0) is 63.3 Å². The van der Waals surface area contributed by atoms with Crippen LogP contribution >= 0.6 is 11.6 Å². The summed E-state index contributed by atoms with van der Waals surface area (Å²) in [6, 6.07) is 3.73. The van der Waals surface area contributed by atoms with Crippen LogP contribution in [-0.2, 0) is 9.59 Å². The molecule has 2 aliphatic rings. The van der Waals surface area contributed by atoms with Gasteiger partial charge in [-0.1, -0.05) is 30.9 Å². The predicted octanol–water partition coefficient (Wildman–Crippen LogP) is 4.84. The van der Waals surface area contributed by atoms with Gasteiger partial charge in [0.25, 0.3) is 0 Å². The molecule has 1 saturated heterocycles. The number of halogens is 1. The minimum Gasteiger partial charge on any atom is -0.493 e. The Morgan fingerprint density at radius 3 is 2.44 bits per heavy atom. The van der Waals surface area contributed by atoms with Gasteiger partial charge in [0.15, 0.2) is 11.5 Å². The molecule has 0 atom stereocenters. The first-order valence-electron chi connectivity index (χ1n) is 11.7. The van der Waals surface area contributed by atoms with Crippen LogP contribution in [0.1, 0.15) is 64.4 Å². The summed E-state index contributed by atoms with van der Waals surface area (Å²) in [5.41, 5.74) is 0.769. The second-order valence-corrected chi connectivity index (χ2v) is 9.38. The van der Waals surface area contributed by atoms with Crippen molar-refractivity contribution in [1.82, 2.24) is 10.2 Å². The maximum absolute atomic E-state index is 12.7. The highest BCUT2D eigenvalue weighted by molar-refractivity contribution is 6.32. The molecule has 1 saturated carbocycles. The van der Waals surface area contributed by atoms with Crippen molar-refractivity contribution in [1.29, 1.82) is 0 Å². The molecule has 1 aliphatic heterocycles. The van der Waals surface area contributed by atoms with Gasteiger partial charge in [-0.3, -0.25) is 9.59 Å². The lowest BCUT2D eigenvalue weighted by Gasteiger charge is -2.33. The van der Waals surface area contributed by atoms with E-state index < -0.39 is 0 Å². The summed E-state index contributed by atoms with van der Waals surface area (Å²) < 4.78 is 11.1. The Labute approximate surface area is 196 Å². The number of likely N-dealkylation sites (tertiary alicyclic amines) is 1. The summed E-state index contributed by atoms with van der Waals surface area (Å²) >= 11 is 6.37. The van der Waals surface area contributed by atoms with Crippen LogP contribution in [0.15, 0.2) is 18.2 Å². The van der Waals surface area contributed by atoms with Gasteiger partial charge >= 0.3 is 0 Å². The molecule has 32 heavy (non-hydrogen) atoms. The van der Waals surface area contributed by atoms with E-state index in [-0.39, 0.29) is 29.9 Å². The fourth-order valence-electron chi connectivity index (χ4n) is 4.39. The first-order chi connectivity index (χ1) is 15.4. The van der Waals surface area contributed by atoms with Crippen molar-refractivity contribution in [2.75, 3.05) is 20.2 Å². The molecular formula is C25H35ClN2O4. The summed E-state index contributed by atoms with van der Waals surface area (Å²) in [4.78, 5) is 27.0. The topological polar surface area (TPSA) is 67.9 Å². The van der Waals surface area contributed by atoms with Crippen molar-refractivity contribution < 1.29 is 19.1 Å². The van der Waals surface area contributed by atoms with E-state index in [0.717, 1.165) is 44.1 Å². The summed E-state index contributed by atoms with van der Waals surface area (Å²) in [6.45, 7) is 5.13. The number of hydrogen-bond donors (Lipinski definition) is 1. The van der Waals surface area contributed by atoms with E-state index in [4.69, 9.17) is 21.1 Å². The van der Waals surface area contributed by atoms with E-state index >= 15 is 0 Å². The Hall–Kier alpha value is -2.21. The molecule has 2 fully saturated rings. The number of methoxy groups -OCH3 is 1. The summed E-state index contributed by atoms with van der Waals surface area (Å²) in [5, 5.41) is 3.65. The van der Waals surface area contributed by atoms with E-state index in [2.05, 4.69) is 5.32 Å². The summed E-state index contributed by atoms with van der Waals surface area (Å²) in [7, 11) is 1.56. The molecule has 1 aromatic rings. The number of nitrogens with zero attached hydrogens (tertiary/aromatic N) is 1. The maximum atomic E-state index is 12.7.